The molecule has 0 aromatic heterocycles. The van der Waals surface area contributed by atoms with Gasteiger partial charge in [-0.05, 0) is 45.1 Å². The Morgan fingerprint density at radius 3 is 2.38 bits per heavy atom. The predicted molar refractivity (Wildman–Crippen MR) is 116 cm³/mol. The monoisotopic (exact) mass is 398 g/mol. The highest BCUT2D eigenvalue weighted by Gasteiger charge is 2.42. The highest BCUT2D eigenvalue weighted by Crippen LogP contribution is 2.35. The van der Waals surface area contributed by atoms with Crippen LogP contribution in [0.4, 0.5) is 0 Å². The van der Waals surface area contributed by atoms with Crippen LogP contribution in [-0.4, -0.2) is 31.2 Å². The first-order valence-corrected chi connectivity index (χ1v) is 10.3. The number of benzene rings is 1. The summed E-state index contributed by atoms with van der Waals surface area (Å²) in [6, 6.07) is 10.5. The van der Waals surface area contributed by atoms with E-state index in [0.29, 0.717) is 6.42 Å². The Morgan fingerprint density at radius 1 is 1.07 bits per heavy atom. The van der Waals surface area contributed by atoms with Crippen molar-refractivity contribution in [2.75, 3.05) is 14.2 Å². The van der Waals surface area contributed by atoms with Crippen molar-refractivity contribution in [3.05, 3.63) is 70.7 Å². The number of carbonyl (C=O) groups is 1. The average molecular weight is 399 g/mol. The number of ketones is 1. The summed E-state index contributed by atoms with van der Waals surface area (Å²) < 4.78 is 10.4. The van der Waals surface area contributed by atoms with E-state index in [0.717, 1.165) is 19.3 Å². The maximum absolute atomic E-state index is 12.5. The Bertz CT molecular complexity index is 773. The minimum absolute atomic E-state index is 0.106. The first-order chi connectivity index (χ1) is 13.9. The van der Waals surface area contributed by atoms with E-state index in [1.54, 1.807) is 0 Å². The lowest BCUT2D eigenvalue weighted by Crippen LogP contribution is -2.40. The number of hydrogen-bond acceptors (Lipinski definition) is 4. The number of methoxy groups -OCH3 is 2. The van der Waals surface area contributed by atoms with Gasteiger partial charge in [0.25, 0.3) is 0 Å². The van der Waals surface area contributed by atoms with Gasteiger partial charge in [-0.2, -0.15) is 0 Å². The fourth-order valence-electron chi connectivity index (χ4n) is 3.85. The zero-order valence-corrected chi connectivity index (χ0v) is 18.3. The Labute approximate surface area is 174 Å². The second kappa shape index (κ2) is 11.0. The van der Waals surface area contributed by atoms with Gasteiger partial charge in [-0.3, -0.25) is 4.79 Å². The molecule has 0 bridgehead atoms. The van der Waals surface area contributed by atoms with E-state index < -0.39 is 6.10 Å². The normalized spacial score (nSPS) is 23.4. The van der Waals surface area contributed by atoms with Crippen LogP contribution in [0.3, 0.4) is 0 Å². The van der Waals surface area contributed by atoms with Gasteiger partial charge in [0.15, 0.2) is 5.76 Å². The fourth-order valence-corrected chi connectivity index (χ4v) is 3.85. The topological polar surface area (TPSA) is 55.8 Å². The molecule has 4 nitrogen and oxygen atoms in total. The first-order valence-electron chi connectivity index (χ1n) is 10.3. The van der Waals surface area contributed by atoms with Gasteiger partial charge in [-0.25, -0.2) is 0 Å². The highest BCUT2D eigenvalue weighted by molar-refractivity contribution is 5.97. The number of allylic oxidation sites excluding steroid dienone is 5. The molecule has 0 amide bonds. The van der Waals surface area contributed by atoms with Crippen LogP contribution in [0.15, 0.2) is 65.1 Å². The SMILES string of the molecule is COC1=C(OC)C(O)C(C/C=C(\C)CC/C=C(\C)Cc2ccccc2)C(C)C1=O. The zero-order chi connectivity index (χ0) is 21.4. The minimum atomic E-state index is -0.834. The van der Waals surface area contributed by atoms with Gasteiger partial charge in [0.05, 0.1) is 14.2 Å². The molecule has 0 fully saturated rings. The second-order valence-electron chi connectivity index (χ2n) is 7.90. The van der Waals surface area contributed by atoms with Gasteiger partial charge in [-0.15, -0.1) is 0 Å². The van der Waals surface area contributed by atoms with Gasteiger partial charge in [0.2, 0.25) is 11.5 Å². The van der Waals surface area contributed by atoms with E-state index in [9.17, 15) is 9.90 Å². The molecule has 29 heavy (non-hydrogen) atoms. The summed E-state index contributed by atoms with van der Waals surface area (Å²) in [7, 11) is 2.90. The third kappa shape index (κ3) is 6.07. The second-order valence-corrected chi connectivity index (χ2v) is 7.90. The number of aliphatic hydroxyl groups is 1. The van der Waals surface area contributed by atoms with Crippen LogP contribution in [0.1, 0.15) is 45.6 Å². The summed E-state index contributed by atoms with van der Waals surface area (Å²) in [5.41, 5.74) is 3.96. The summed E-state index contributed by atoms with van der Waals surface area (Å²) in [6.45, 7) is 6.12. The lowest BCUT2D eigenvalue weighted by molar-refractivity contribution is -0.128. The fraction of sp³-hybridized carbons (Fsp3) is 0.480. The Balaban J connectivity index is 1.92. The van der Waals surface area contributed by atoms with E-state index in [-0.39, 0.29) is 29.1 Å². The van der Waals surface area contributed by atoms with Gasteiger partial charge >= 0.3 is 0 Å². The molecule has 1 aliphatic rings. The third-order valence-electron chi connectivity index (χ3n) is 5.70. The van der Waals surface area contributed by atoms with Gasteiger partial charge < -0.3 is 14.6 Å². The lowest BCUT2D eigenvalue weighted by Gasteiger charge is -2.33. The Kier molecular flexibility index (Phi) is 8.71. The van der Waals surface area contributed by atoms with E-state index in [4.69, 9.17) is 9.47 Å². The van der Waals surface area contributed by atoms with Crippen molar-refractivity contribution in [2.45, 2.75) is 52.6 Å². The van der Waals surface area contributed by atoms with E-state index in [2.05, 4.69) is 50.3 Å². The molecule has 0 radical (unpaired) electrons. The third-order valence-corrected chi connectivity index (χ3v) is 5.70. The predicted octanol–water partition coefficient (Wildman–Crippen LogP) is 4.99. The standard InChI is InChI=1S/C25H34O4/c1-17(10-9-11-18(2)16-20-12-7-6-8-13-20)14-15-21-19(3)22(26)24(28-4)25(29-5)23(21)27/h6-8,11-14,19,21,23,27H,9-10,15-16H2,1-5H3/b17-14+,18-11+. The zero-order valence-electron chi connectivity index (χ0n) is 18.3. The van der Waals surface area contributed by atoms with Crippen LogP contribution in [-0.2, 0) is 20.7 Å². The van der Waals surface area contributed by atoms with Gasteiger partial charge in [-0.1, -0.05) is 60.6 Å². The summed E-state index contributed by atoms with van der Waals surface area (Å²) in [5.74, 6) is -0.239. The van der Waals surface area contributed by atoms with Crippen molar-refractivity contribution in [1.29, 1.82) is 0 Å². The molecule has 1 aromatic rings. The highest BCUT2D eigenvalue weighted by atomic mass is 16.5. The summed E-state index contributed by atoms with van der Waals surface area (Å²) in [6.07, 6.45) is 7.17. The van der Waals surface area contributed by atoms with E-state index in [1.807, 2.05) is 13.0 Å². The quantitative estimate of drug-likeness (QED) is 0.595. The molecular formula is C25H34O4. The molecule has 2 rings (SSSR count). The number of aliphatic hydroxyl groups excluding tert-OH is 1. The van der Waals surface area contributed by atoms with Gasteiger partial charge in [0, 0.05) is 11.8 Å². The number of hydrogen-bond donors (Lipinski definition) is 1. The molecule has 0 heterocycles. The molecule has 0 saturated carbocycles. The van der Waals surface area contributed by atoms with E-state index >= 15 is 0 Å². The number of ether oxygens (including phenoxy) is 2. The first kappa shape index (κ1) is 23.0. The molecule has 3 unspecified atom stereocenters. The van der Waals surface area contributed by atoms with Crippen LogP contribution in [0.25, 0.3) is 0 Å². The maximum atomic E-state index is 12.5. The molecule has 3 atom stereocenters. The van der Waals surface area contributed by atoms with E-state index in [1.165, 1.54) is 30.9 Å². The largest absolute Gasteiger partial charge is 0.494 e. The van der Waals surface area contributed by atoms with Crippen molar-refractivity contribution in [1.82, 2.24) is 0 Å². The molecule has 1 aliphatic carbocycles. The molecule has 1 aromatic carbocycles. The summed E-state index contributed by atoms with van der Waals surface area (Å²) in [4.78, 5) is 12.5. The molecular weight excluding hydrogens is 364 g/mol. The Hall–Kier alpha value is -2.33. The van der Waals surface area contributed by atoms with Crippen LogP contribution in [0.5, 0.6) is 0 Å². The molecule has 1 N–H and O–H groups in total. The molecule has 0 saturated heterocycles. The molecule has 158 valence electrons. The lowest BCUT2D eigenvalue weighted by atomic mass is 9.77. The van der Waals surface area contributed by atoms with Crippen LogP contribution < -0.4 is 0 Å². The van der Waals surface area contributed by atoms with Gasteiger partial charge in [0.1, 0.15) is 6.10 Å². The van der Waals surface area contributed by atoms with Crippen molar-refractivity contribution in [3.8, 4) is 0 Å². The molecule has 0 spiro atoms. The van der Waals surface area contributed by atoms with Crippen molar-refractivity contribution < 1.29 is 19.4 Å². The number of carbonyl (C=O) groups excluding carboxylic acids is 1. The van der Waals surface area contributed by atoms with Crippen LogP contribution >= 0.6 is 0 Å². The summed E-state index contributed by atoms with van der Waals surface area (Å²) in [5, 5.41) is 10.7. The van der Waals surface area contributed by atoms with Crippen LogP contribution in [0, 0.1) is 11.8 Å². The van der Waals surface area contributed by atoms with Crippen molar-refractivity contribution in [3.63, 3.8) is 0 Å². The van der Waals surface area contributed by atoms with Crippen molar-refractivity contribution in [2.24, 2.45) is 11.8 Å². The minimum Gasteiger partial charge on any atom is -0.494 e. The number of rotatable bonds is 9. The maximum Gasteiger partial charge on any atom is 0.204 e. The molecule has 4 heteroatoms. The average Bonchev–Trinajstić information content (AvgIpc) is 2.71. The Morgan fingerprint density at radius 2 is 1.76 bits per heavy atom. The summed E-state index contributed by atoms with van der Waals surface area (Å²) >= 11 is 0. The number of Topliss-reactive ketones (excluding diaryl/α,β-unsaturated/α-hetero) is 1. The van der Waals surface area contributed by atoms with Crippen LogP contribution in [0.2, 0.25) is 0 Å². The smallest absolute Gasteiger partial charge is 0.204 e. The molecule has 0 aliphatic heterocycles. The van der Waals surface area contributed by atoms with Crippen molar-refractivity contribution >= 4 is 5.78 Å².